The molecule has 2 aromatic rings. The number of carbonyl (C=O) groups excluding carboxylic acids is 1. The van der Waals surface area contributed by atoms with Gasteiger partial charge in [0.1, 0.15) is 5.69 Å². The van der Waals surface area contributed by atoms with Gasteiger partial charge in [0.2, 0.25) is 0 Å². The highest BCUT2D eigenvalue weighted by Gasteiger charge is 2.09. The minimum Gasteiger partial charge on any atom is -0.313 e. The van der Waals surface area contributed by atoms with E-state index in [4.69, 9.17) is 11.6 Å². The fraction of sp³-hybridized carbons (Fsp3) is 0.167. The summed E-state index contributed by atoms with van der Waals surface area (Å²) in [4.78, 5) is 15.9. The van der Waals surface area contributed by atoms with Gasteiger partial charge in [-0.05, 0) is 19.2 Å². The van der Waals surface area contributed by atoms with Gasteiger partial charge in [0.05, 0.1) is 17.1 Å². The Balaban J connectivity index is 2.53. The third kappa shape index (κ3) is 2.05. The molecule has 0 aliphatic rings. The Labute approximate surface area is 98.4 Å². The Morgan fingerprint density at radius 1 is 1.44 bits per heavy atom. The minimum atomic E-state index is -0.0600. The summed E-state index contributed by atoms with van der Waals surface area (Å²) in [6, 6.07) is 9.11. The molecular formula is C12H11ClN2O. The standard InChI is InChI=1S/C12H11ClN2O/c1-14-7-12(16)11-6-9(13)8-4-2-3-5-10(8)15-11/h2-6,14H,7H2,1H3. The average molecular weight is 235 g/mol. The van der Waals surface area contributed by atoms with Crippen molar-refractivity contribution in [3.63, 3.8) is 0 Å². The zero-order chi connectivity index (χ0) is 11.5. The monoisotopic (exact) mass is 234 g/mol. The first-order valence-electron chi connectivity index (χ1n) is 4.95. The lowest BCUT2D eigenvalue weighted by Gasteiger charge is -2.04. The maximum atomic E-state index is 11.7. The van der Waals surface area contributed by atoms with E-state index in [9.17, 15) is 4.79 Å². The quantitative estimate of drug-likeness (QED) is 0.829. The van der Waals surface area contributed by atoms with Crippen LogP contribution < -0.4 is 5.32 Å². The molecule has 0 aliphatic heterocycles. The summed E-state index contributed by atoms with van der Waals surface area (Å²) in [5, 5.41) is 4.23. The lowest BCUT2D eigenvalue weighted by atomic mass is 10.1. The van der Waals surface area contributed by atoms with E-state index >= 15 is 0 Å². The second-order valence-corrected chi connectivity index (χ2v) is 3.87. The second-order valence-electron chi connectivity index (χ2n) is 3.46. The normalized spacial score (nSPS) is 10.6. The number of Topliss-reactive ketones (excluding diaryl/α,β-unsaturated/α-hetero) is 1. The predicted molar refractivity (Wildman–Crippen MR) is 65.0 cm³/mol. The van der Waals surface area contributed by atoms with Crippen molar-refractivity contribution in [1.29, 1.82) is 0 Å². The van der Waals surface area contributed by atoms with Gasteiger partial charge < -0.3 is 5.32 Å². The third-order valence-corrected chi connectivity index (χ3v) is 2.60. The van der Waals surface area contributed by atoms with Crippen LogP contribution in [0, 0.1) is 0 Å². The molecule has 16 heavy (non-hydrogen) atoms. The summed E-state index contributed by atoms with van der Waals surface area (Å²) >= 11 is 6.09. The summed E-state index contributed by atoms with van der Waals surface area (Å²) < 4.78 is 0. The number of likely N-dealkylation sites (N-methyl/N-ethyl adjacent to an activating group) is 1. The number of fused-ring (bicyclic) bond motifs is 1. The molecule has 0 aliphatic carbocycles. The molecule has 82 valence electrons. The number of hydrogen-bond acceptors (Lipinski definition) is 3. The molecule has 0 saturated heterocycles. The van der Waals surface area contributed by atoms with Crippen LogP contribution in [-0.2, 0) is 0 Å². The van der Waals surface area contributed by atoms with Crippen LogP contribution in [0.25, 0.3) is 10.9 Å². The van der Waals surface area contributed by atoms with Crippen LogP contribution in [0.2, 0.25) is 5.02 Å². The number of halogens is 1. The van der Waals surface area contributed by atoms with Gasteiger partial charge in [0.15, 0.2) is 5.78 Å². The van der Waals surface area contributed by atoms with E-state index in [-0.39, 0.29) is 12.3 Å². The topological polar surface area (TPSA) is 42.0 Å². The number of para-hydroxylation sites is 1. The maximum Gasteiger partial charge on any atom is 0.194 e. The summed E-state index contributed by atoms with van der Waals surface area (Å²) in [6.45, 7) is 0.266. The maximum absolute atomic E-state index is 11.7. The zero-order valence-corrected chi connectivity index (χ0v) is 9.58. The van der Waals surface area contributed by atoms with Gasteiger partial charge in [-0.3, -0.25) is 4.79 Å². The van der Waals surface area contributed by atoms with Gasteiger partial charge in [0, 0.05) is 5.39 Å². The smallest absolute Gasteiger partial charge is 0.194 e. The summed E-state index contributed by atoms with van der Waals surface area (Å²) in [7, 11) is 1.72. The van der Waals surface area contributed by atoms with Gasteiger partial charge >= 0.3 is 0 Å². The molecule has 1 heterocycles. The van der Waals surface area contributed by atoms with Crippen molar-refractivity contribution in [3.8, 4) is 0 Å². The van der Waals surface area contributed by atoms with Crippen LogP contribution in [0.3, 0.4) is 0 Å². The average Bonchev–Trinajstić information content (AvgIpc) is 2.29. The van der Waals surface area contributed by atoms with E-state index in [0.29, 0.717) is 10.7 Å². The van der Waals surface area contributed by atoms with E-state index in [1.54, 1.807) is 13.1 Å². The number of benzene rings is 1. The number of ketones is 1. The summed E-state index contributed by atoms with van der Waals surface area (Å²) in [6.07, 6.45) is 0. The van der Waals surface area contributed by atoms with Crippen molar-refractivity contribution < 1.29 is 4.79 Å². The molecule has 1 N–H and O–H groups in total. The van der Waals surface area contributed by atoms with Crippen LogP contribution in [0.1, 0.15) is 10.5 Å². The van der Waals surface area contributed by atoms with Crippen molar-refractivity contribution in [2.75, 3.05) is 13.6 Å². The van der Waals surface area contributed by atoms with Crippen LogP contribution in [0.5, 0.6) is 0 Å². The molecule has 1 aromatic heterocycles. The Morgan fingerprint density at radius 2 is 2.19 bits per heavy atom. The predicted octanol–water partition coefficient (Wildman–Crippen LogP) is 2.29. The van der Waals surface area contributed by atoms with Crippen LogP contribution in [-0.4, -0.2) is 24.4 Å². The number of hydrogen-bond donors (Lipinski definition) is 1. The molecule has 0 atom stereocenters. The number of aromatic nitrogens is 1. The van der Waals surface area contributed by atoms with E-state index in [0.717, 1.165) is 10.9 Å². The van der Waals surface area contributed by atoms with Gasteiger partial charge in [0.25, 0.3) is 0 Å². The Kier molecular flexibility index (Phi) is 3.17. The zero-order valence-electron chi connectivity index (χ0n) is 8.83. The number of carbonyl (C=O) groups is 1. The van der Waals surface area contributed by atoms with Crippen LogP contribution >= 0.6 is 11.6 Å². The van der Waals surface area contributed by atoms with Gasteiger partial charge in [-0.15, -0.1) is 0 Å². The highest BCUT2D eigenvalue weighted by atomic mass is 35.5. The first-order chi connectivity index (χ1) is 7.72. The lowest BCUT2D eigenvalue weighted by Crippen LogP contribution is -2.19. The van der Waals surface area contributed by atoms with E-state index in [1.807, 2.05) is 24.3 Å². The highest BCUT2D eigenvalue weighted by molar-refractivity contribution is 6.35. The molecule has 3 nitrogen and oxygen atoms in total. The van der Waals surface area contributed by atoms with Crippen molar-refractivity contribution in [3.05, 3.63) is 41.0 Å². The summed E-state index contributed by atoms with van der Waals surface area (Å²) in [5.41, 5.74) is 1.15. The van der Waals surface area contributed by atoms with Crippen molar-refractivity contribution >= 4 is 28.3 Å². The molecule has 1 aromatic carbocycles. The van der Waals surface area contributed by atoms with Gasteiger partial charge in [-0.2, -0.15) is 0 Å². The molecular weight excluding hydrogens is 224 g/mol. The number of nitrogens with one attached hydrogen (secondary N) is 1. The van der Waals surface area contributed by atoms with E-state index < -0.39 is 0 Å². The third-order valence-electron chi connectivity index (χ3n) is 2.29. The second kappa shape index (κ2) is 4.60. The Bertz CT molecular complexity index is 540. The van der Waals surface area contributed by atoms with Gasteiger partial charge in [-0.25, -0.2) is 4.98 Å². The molecule has 0 amide bonds. The van der Waals surface area contributed by atoms with Crippen molar-refractivity contribution in [1.82, 2.24) is 10.3 Å². The Morgan fingerprint density at radius 3 is 2.94 bits per heavy atom. The molecule has 0 unspecified atom stereocenters. The molecule has 0 bridgehead atoms. The first kappa shape index (κ1) is 11.0. The molecule has 0 fully saturated rings. The van der Waals surface area contributed by atoms with E-state index in [1.165, 1.54) is 0 Å². The molecule has 2 rings (SSSR count). The fourth-order valence-corrected chi connectivity index (χ4v) is 1.79. The highest BCUT2D eigenvalue weighted by Crippen LogP contribution is 2.22. The molecule has 0 radical (unpaired) electrons. The van der Waals surface area contributed by atoms with Crippen LogP contribution in [0.15, 0.2) is 30.3 Å². The molecule has 0 spiro atoms. The largest absolute Gasteiger partial charge is 0.313 e. The van der Waals surface area contributed by atoms with Crippen molar-refractivity contribution in [2.24, 2.45) is 0 Å². The van der Waals surface area contributed by atoms with Gasteiger partial charge in [-0.1, -0.05) is 29.8 Å². The number of pyridine rings is 1. The molecule has 0 saturated carbocycles. The SMILES string of the molecule is CNCC(=O)c1cc(Cl)c2ccccc2n1. The number of nitrogens with zero attached hydrogens (tertiary/aromatic N) is 1. The fourth-order valence-electron chi connectivity index (χ4n) is 1.53. The number of rotatable bonds is 3. The summed E-state index contributed by atoms with van der Waals surface area (Å²) in [5.74, 6) is -0.0600. The van der Waals surface area contributed by atoms with E-state index in [2.05, 4.69) is 10.3 Å². The van der Waals surface area contributed by atoms with Crippen molar-refractivity contribution in [2.45, 2.75) is 0 Å². The Hall–Kier alpha value is -1.45. The first-order valence-corrected chi connectivity index (χ1v) is 5.33. The minimum absolute atomic E-state index is 0.0600. The molecule has 4 heteroatoms. The lowest BCUT2D eigenvalue weighted by molar-refractivity contribution is 0.0989. The van der Waals surface area contributed by atoms with Crippen LogP contribution in [0.4, 0.5) is 0 Å².